The number of esters is 2. The average Bonchev–Trinajstić information content (AvgIpc) is 2.53. The van der Waals surface area contributed by atoms with Crippen molar-refractivity contribution in [2.75, 3.05) is 18.3 Å². The predicted molar refractivity (Wildman–Crippen MR) is 92.7 cm³/mol. The van der Waals surface area contributed by atoms with Crippen LogP contribution in [0.15, 0.2) is 30.3 Å². The molecule has 26 heavy (non-hydrogen) atoms. The van der Waals surface area contributed by atoms with Crippen molar-refractivity contribution in [2.45, 2.75) is 30.3 Å². The smallest absolute Gasteiger partial charge is 0.325 e. The minimum absolute atomic E-state index is 0.0802. The number of benzene rings is 1. The second-order valence-electron chi connectivity index (χ2n) is 5.73. The van der Waals surface area contributed by atoms with E-state index in [1.54, 1.807) is 18.2 Å². The van der Waals surface area contributed by atoms with E-state index < -0.39 is 53.1 Å². The highest BCUT2D eigenvalue weighted by atomic mass is 32.3. The Kier molecular flexibility index (Phi) is 6.07. The van der Waals surface area contributed by atoms with Gasteiger partial charge in [0.1, 0.15) is 0 Å². The fourth-order valence-corrected chi connectivity index (χ4v) is 8.39. The van der Waals surface area contributed by atoms with Gasteiger partial charge in [0.25, 0.3) is 0 Å². The number of sulfone groups is 2. The van der Waals surface area contributed by atoms with Crippen LogP contribution in [-0.4, -0.2) is 57.6 Å². The van der Waals surface area contributed by atoms with Crippen LogP contribution in [0.1, 0.15) is 25.3 Å². The highest BCUT2D eigenvalue weighted by molar-refractivity contribution is 8.10. The summed E-state index contributed by atoms with van der Waals surface area (Å²) in [6, 6.07) is 7.72. The van der Waals surface area contributed by atoms with Gasteiger partial charge in [0.2, 0.25) is 0 Å². The van der Waals surface area contributed by atoms with Crippen LogP contribution in [0.2, 0.25) is 0 Å². The van der Waals surface area contributed by atoms with Crippen molar-refractivity contribution < 1.29 is 35.9 Å². The van der Waals surface area contributed by atoms with Crippen molar-refractivity contribution in [3.05, 3.63) is 35.9 Å². The number of carbonyl (C=O) groups is 2. The van der Waals surface area contributed by atoms with Gasteiger partial charge in [-0.05, 0) is 19.4 Å². The first-order chi connectivity index (χ1) is 12.2. The lowest BCUT2D eigenvalue weighted by atomic mass is 9.91. The van der Waals surface area contributed by atoms with Crippen LogP contribution in [-0.2, 0) is 38.7 Å². The minimum atomic E-state index is -4.40. The molecule has 1 aromatic carbocycles. The summed E-state index contributed by atoms with van der Waals surface area (Å²) in [7, 11) is -8.80. The molecule has 0 unspecified atom stereocenters. The van der Waals surface area contributed by atoms with Crippen molar-refractivity contribution in [1.29, 1.82) is 0 Å². The molecule has 0 aromatic heterocycles. The Balaban J connectivity index is 2.72. The van der Waals surface area contributed by atoms with Crippen LogP contribution < -0.4 is 0 Å². The lowest BCUT2D eigenvalue weighted by Gasteiger charge is -2.35. The van der Waals surface area contributed by atoms with Crippen molar-refractivity contribution in [2.24, 2.45) is 0 Å². The number of ether oxygens (including phenoxy) is 2. The van der Waals surface area contributed by atoms with Crippen LogP contribution >= 0.6 is 0 Å². The molecule has 0 bridgehead atoms. The molecule has 1 aromatic rings. The molecular weight excluding hydrogens is 384 g/mol. The first-order valence-corrected chi connectivity index (χ1v) is 11.4. The molecule has 1 aliphatic heterocycles. The summed E-state index contributed by atoms with van der Waals surface area (Å²) in [6.45, 7) is 2.85. The lowest BCUT2D eigenvalue weighted by molar-refractivity contribution is -0.145. The van der Waals surface area contributed by atoms with Gasteiger partial charge in [0, 0.05) is 5.92 Å². The van der Waals surface area contributed by atoms with Gasteiger partial charge in [-0.15, -0.1) is 0 Å². The molecule has 0 N–H and O–H groups in total. The van der Waals surface area contributed by atoms with Crippen LogP contribution in [0.5, 0.6) is 0 Å². The van der Waals surface area contributed by atoms with Crippen molar-refractivity contribution in [3.63, 3.8) is 0 Å². The van der Waals surface area contributed by atoms with E-state index in [1.165, 1.54) is 26.0 Å². The molecule has 0 saturated carbocycles. The molecule has 0 radical (unpaired) electrons. The molecule has 2 atom stereocenters. The van der Waals surface area contributed by atoms with Gasteiger partial charge in [0.15, 0.2) is 35.3 Å². The van der Waals surface area contributed by atoms with E-state index in [0.29, 0.717) is 0 Å². The zero-order valence-corrected chi connectivity index (χ0v) is 16.0. The van der Waals surface area contributed by atoms with Crippen molar-refractivity contribution in [3.8, 4) is 0 Å². The summed E-state index contributed by atoms with van der Waals surface area (Å²) < 4.78 is 60.1. The molecule has 10 heteroatoms. The Morgan fingerprint density at radius 2 is 1.31 bits per heavy atom. The second-order valence-corrected chi connectivity index (χ2v) is 10.3. The highest BCUT2D eigenvalue weighted by Gasteiger charge is 2.58. The quantitative estimate of drug-likeness (QED) is 0.648. The molecule has 0 spiro atoms. The Hall–Kier alpha value is -1.94. The third kappa shape index (κ3) is 3.90. The summed E-state index contributed by atoms with van der Waals surface area (Å²) in [6.07, 6.45) is 0. The fraction of sp³-hybridized carbons (Fsp3) is 0.500. The lowest BCUT2D eigenvalue weighted by Crippen LogP contribution is -2.55. The van der Waals surface area contributed by atoms with Crippen LogP contribution in [0.25, 0.3) is 0 Å². The standard InChI is InChI=1S/C16H20O8S2/c1-3-23-15(17)13-12(11-8-6-5-7-9-11)14(16(18)24-4-2)26(21,22)10-25(13,19)20/h5-9,12-14H,3-4,10H2,1-2H3/t13-,14-/m1/s1. The number of carbonyl (C=O) groups excluding carboxylic acids is 2. The van der Waals surface area contributed by atoms with Gasteiger partial charge < -0.3 is 9.47 Å². The first kappa shape index (κ1) is 20.4. The Morgan fingerprint density at radius 3 is 1.69 bits per heavy atom. The molecule has 8 nitrogen and oxygen atoms in total. The third-order valence-corrected chi connectivity index (χ3v) is 9.12. The molecular formula is C16H20O8S2. The van der Waals surface area contributed by atoms with Gasteiger partial charge in [-0.2, -0.15) is 0 Å². The van der Waals surface area contributed by atoms with E-state index in [9.17, 15) is 26.4 Å². The van der Waals surface area contributed by atoms with Gasteiger partial charge in [-0.3, -0.25) is 9.59 Å². The van der Waals surface area contributed by atoms with Crippen molar-refractivity contribution in [1.82, 2.24) is 0 Å². The molecule has 1 saturated heterocycles. The van der Waals surface area contributed by atoms with Crippen LogP contribution in [0, 0.1) is 0 Å². The Labute approximate surface area is 152 Å². The molecule has 0 amide bonds. The zero-order valence-electron chi connectivity index (χ0n) is 14.3. The average molecular weight is 404 g/mol. The van der Waals surface area contributed by atoms with Gasteiger partial charge in [-0.25, -0.2) is 16.8 Å². The molecule has 0 aliphatic carbocycles. The summed E-state index contributed by atoms with van der Waals surface area (Å²) in [5.74, 6) is -3.60. The molecule has 2 rings (SSSR count). The summed E-state index contributed by atoms with van der Waals surface area (Å²) in [4.78, 5) is 24.8. The predicted octanol–water partition coefficient (Wildman–Crippen LogP) is 0.434. The monoisotopic (exact) mass is 404 g/mol. The Bertz CT molecular complexity index is 820. The summed E-state index contributed by atoms with van der Waals surface area (Å²) in [5.41, 5.74) is 0.232. The van der Waals surface area contributed by atoms with E-state index in [-0.39, 0.29) is 18.8 Å². The van der Waals surface area contributed by atoms with Crippen LogP contribution in [0.3, 0.4) is 0 Å². The molecule has 1 heterocycles. The highest BCUT2D eigenvalue weighted by Crippen LogP contribution is 2.39. The van der Waals surface area contributed by atoms with Gasteiger partial charge in [0.05, 0.1) is 13.2 Å². The number of hydrogen-bond donors (Lipinski definition) is 0. The largest absolute Gasteiger partial charge is 0.465 e. The van der Waals surface area contributed by atoms with E-state index >= 15 is 0 Å². The Morgan fingerprint density at radius 1 is 0.885 bits per heavy atom. The normalized spacial score (nSPS) is 26.6. The zero-order chi connectivity index (χ0) is 19.5. The van der Waals surface area contributed by atoms with Crippen LogP contribution in [0.4, 0.5) is 0 Å². The second kappa shape index (κ2) is 7.75. The third-order valence-electron chi connectivity index (χ3n) is 3.98. The topological polar surface area (TPSA) is 121 Å². The van der Waals surface area contributed by atoms with Gasteiger partial charge >= 0.3 is 11.9 Å². The number of rotatable bonds is 5. The maximum Gasteiger partial charge on any atom is 0.325 e. The van der Waals surface area contributed by atoms with E-state index in [0.717, 1.165) is 0 Å². The van der Waals surface area contributed by atoms with E-state index in [4.69, 9.17) is 9.47 Å². The molecule has 1 fully saturated rings. The number of hydrogen-bond acceptors (Lipinski definition) is 8. The maximum atomic E-state index is 12.6. The summed E-state index contributed by atoms with van der Waals surface area (Å²) >= 11 is 0. The SMILES string of the molecule is CCOC(=O)[C@H]1C(c2ccccc2)[C@H](C(=O)OCC)S(=O)(=O)CS1(=O)=O. The fourth-order valence-electron chi connectivity index (χ4n) is 3.04. The first-order valence-electron chi connectivity index (χ1n) is 7.97. The van der Waals surface area contributed by atoms with Gasteiger partial charge in [-0.1, -0.05) is 30.3 Å². The maximum absolute atomic E-state index is 12.6. The molecule has 144 valence electrons. The van der Waals surface area contributed by atoms with E-state index in [2.05, 4.69) is 0 Å². The molecule has 1 aliphatic rings. The van der Waals surface area contributed by atoms with Crippen molar-refractivity contribution >= 4 is 31.6 Å². The minimum Gasteiger partial charge on any atom is -0.465 e. The van der Waals surface area contributed by atoms with E-state index in [1.807, 2.05) is 0 Å². The summed E-state index contributed by atoms with van der Waals surface area (Å²) in [5, 5.41) is -4.92.